The Labute approximate surface area is 129 Å². The Hall–Kier alpha value is -1.69. The highest BCUT2D eigenvalue weighted by Crippen LogP contribution is 2.20. The first-order valence-electron chi connectivity index (χ1n) is 7.33. The summed E-state index contributed by atoms with van der Waals surface area (Å²) < 4.78 is 26.4. The Kier molecular flexibility index (Phi) is 6.74. The summed E-state index contributed by atoms with van der Waals surface area (Å²) in [5.41, 5.74) is 0.00919. The van der Waals surface area contributed by atoms with Crippen LogP contribution in [-0.4, -0.2) is 30.3 Å². The number of rotatable bonds is 7. The monoisotopic (exact) mass is 314 g/mol. The topological polar surface area (TPSA) is 61.4 Å². The van der Waals surface area contributed by atoms with Crippen LogP contribution in [0.1, 0.15) is 32.8 Å². The molecule has 1 rings (SSSR count). The summed E-state index contributed by atoms with van der Waals surface area (Å²) in [6.07, 6.45) is 0.353. The number of halogens is 2. The normalized spacial score (nSPS) is 12.8. The first kappa shape index (κ1) is 18.4. The second-order valence-corrected chi connectivity index (χ2v) is 6.31. The lowest BCUT2D eigenvalue weighted by atomic mass is 9.87. The van der Waals surface area contributed by atoms with E-state index >= 15 is 0 Å². The van der Waals surface area contributed by atoms with E-state index in [9.17, 15) is 18.7 Å². The van der Waals surface area contributed by atoms with E-state index in [-0.39, 0.29) is 30.0 Å². The van der Waals surface area contributed by atoms with Crippen LogP contribution in [0.25, 0.3) is 0 Å². The summed E-state index contributed by atoms with van der Waals surface area (Å²) >= 11 is 0. The Bertz CT molecular complexity index is 505. The quantitative estimate of drug-likeness (QED) is 0.724. The second kappa shape index (κ2) is 8.08. The fraction of sp³-hybridized carbons (Fsp3) is 0.562. The molecule has 0 saturated heterocycles. The minimum atomic E-state index is -0.499. The summed E-state index contributed by atoms with van der Waals surface area (Å²) in [5.74, 6) is -0.984. The van der Waals surface area contributed by atoms with Crippen LogP contribution in [-0.2, 0) is 6.42 Å². The number of hydrogen-bond acceptors (Lipinski definition) is 2. The van der Waals surface area contributed by atoms with E-state index in [4.69, 9.17) is 0 Å². The van der Waals surface area contributed by atoms with E-state index in [1.54, 1.807) is 6.92 Å². The average molecular weight is 314 g/mol. The van der Waals surface area contributed by atoms with Gasteiger partial charge in [0.2, 0.25) is 0 Å². The van der Waals surface area contributed by atoms with Gasteiger partial charge in [-0.3, -0.25) is 0 Å². The fourth-order valence-corrected chi connectivity index (χ4v) is 2.30. The molecule has 1 atom stereocenters. The maximum Gasteiger partial charge on any atom is 0.314 e. The van der Waals surface area contributed by atoms with E-state index in [2.05, 4.69) is 10.6 Å². The molecule has 0 aromatic heterocycles. The van der Waals surface area contributed by atoms with Gasteiger partial charge in [0.15, 0.2) is 0 Å². The zero-order chi connectivity index (χ0) is 16.8. The van der Waals surface area contributed by atoms with Crippen LogP contribution in [0.2, 0.25) is 0 Å². The van der Waals surface area contributed by atoms with Gasteiger partial charge in [0, 0.05) is 13.1 Å². The molecular formula is C16H24F2N2O2. The molecule has 0 fully saturated rings. The third kappa shape index (κ3) is 6.85. The molecule has 0 saturated carbocycles. The number of urea groups is 1. The molecular weight excluding hydrogens is 290 g/mol. The van der Waals surface area contributed by atoms with Gasteiger partial charge in [-0.05, 0) is 48.9 Å². The molecule has 3 N–H and O–H groups in total. The number of hydrogen-bond donors (Lipinski definition) is 3. The van der Waals surface area contributed by atoms with Crippen molar-refractivity contribution in [3.8, 4) is 0 Å². The number of amides is 2. The fourth-order valence-electron chi connectivity index (χ4n) is 2.30. The van der Waals surface area contributed by atoms with E-state index in [1.165, 1.54) is 0 Å². The van der Waals surface area contributed by atoms with Crippen molar-refractivity contribution < 1.29 is 18.7 Å². The zero-order valence-electron chi connectivity index (χ0n) is 13.2. The molecule has 0 bridgehead atoms. The molecule has 0 aliphatic heterocycles. The lowest BCUT2D eigenvalue weighted by Gasteiger charge is -2.26. The van der Waals surface area contributed by atoms with Crippen LogP contribution < -0.4 is 10.6 Å². The van der Waals surface area contributed by atoms with Crippen molar-refractivity contribution in [1.29, 1.82) is 0 Å². The van der Waals surface area contributed by atoms with Crippen LogP contribution in [0, 0.1) is 17.0 Å². The van der Waals surface area contributed by atoms with Crippen molar-refractivity contribution in [3.63, 3.8) is 0 Å². The van der Waals surface area contributed by atoms with Crippen LogP contribution in [0.15, 0.2) is 18.2 Å². The highest BCUT2D eigenvalue weighted by molar-refractivity contribution is 5.73. The lowest BCUT2D eigenvalue weighted by Crippen LogP contribution is -2.42. The van der Waals surface area contributed by atoms with Gasteiger partial charge in [-0.2, -0.15) is 0 Å². The van der Waals surface area contributed by atoms with Crippen molar-refractivity contribution in [2.24, 2.45) is 5.41 Å². The van der Waals surface area contributed by atoms with Crippen LogP contribution in [0.4, 0.5) is 13.6 Å². The highest BCUT2D eigenvalue weighted by Gasteiger charge is 2.20. The van der Waals surface area contributed by atoms with Gasteiger partial charge in [-0.15, -0.1) is 0 Å². The smallest absolute Gasteiger partial charge is 0.314 e. The summed E-state index contributed by atoms with van der Waals surface area (Å²) in [4.78, 5) is 11.7. The van der Waals surface area contributed by atoms with Gasteiger partial charge in [0.25, 0.3) is 0 Å². The number of carbonyl (C=O) groups excluding carboxylic acids is 1. The van der Waals surface area contributed by atoms with Crippen molar-refractivity contribution in [3.05, 3.63) is 35.4 Å². The van der Waals surface area contributed by atoms with E-state index in [0.717, 1.165) is 18.2 Å². The second-order valence-electron chi connectivity index (χ2n) is 6.31. The minimum absolute atomic E-state index is 0.211. The van der Waals surface area contributed by atoms with Gasteiger partial charge in [0.05, 0.1) is 6.10 Å². The lowest BCUT2D eigenvalue weighted by molar-refractivity contribution is 0.129. The van der Waals surface area contributed by atoms with Gasteiger partial charge in [0.1, 0.15) is 11.6 Å². The first-order valence-corrected chi connectivity index (χ1v) is 7.33. The summed E-state index contributed by atoms with van der Waals surface area (Å²) in [5, 5.41) is 14.7. The molecule has 1 aromatic rings. The summed E-state index contributed by atoms with van der Waals surface area (Å²) in [6.45, 7) is 6.22. The van der Waals surface area contributed by atoms with Crippen LogP contribution in [0.3, 0.4) is 0 Å². The predicted octanol–water partition coefficient (Wildman–Crippen LogP) is 2.60. The Morgan fingerprint density at radius 1 is 1.32 bits per heavy atom. The van der Waals surface area contributed by atoms with E-state index < -0.39 is 17.7 Å². The molecule has 1 aromatic carbocycles. The molecule has 0 radical (unpaired) electrons. The van der Waals surface area contributed by atoms with Crippen LogP contribution >= 0.6 is 0 Å². The number of nitrogens with one attached hydrogen (secondary N) is 2. The maximum atomic E-state index is 13.4. The third-order valence-electron chi connectivity index (χ3n) is 3.26. The van der Waals surface area contributed by atoms with Crippen molar-refractivity contribution >= 4 is 6.03 Å². The largest absolute Gasteiger partial charge is 0.393 e. The predicted molar refractivity (Wildman–Crippen MR) is 81.5 cm³/mol. The van der Waals surface area contributed by atoms with Crippen molar-refractivity contribution in [2.75, 3.05) is 13.1 Å². The molecule has 0 aliphatic carbocycles. The molecule has 2 amide bonds. The van der Waals surface area contributed by atoms with Gasteiger partial charge in [-0.1, -0.05) is 13.8 Å². The highest BCUT2D eigenvalue weighted by atomic mass is 19.1. The molecule has 0 aliphatic rings. The maximum absolute atomic E-state index is 13.4. The molecule has 6 heteroatoms. The standard InChI is InChI=1S/C16H24F2N2O2/c1-11(21)9-16(2,3)10-20-15(22)19-7-6-12-8-13(17)4-5-14(12)18/h4-5,8,11,21H,6-7,9-10H2,1-3H3,(H2,19,20,22). The van der Waals surface area contributed by atoms with Gasteiger partial charge >= 0.3 is 6.03 Å². The molecule has 22 heavy (non-hydrogen) atoms. The number of aliphatic hydroxyl groups excluding tert-OH is 1. The molecule has 0 heterocycles. The Balaban J connectivity index is 2.33. The summed E-state index contributed by atoms with van der Waals surface area (Å²) in [7, 11) is 0. The average Bonchev–Trinajstić information content (AvgIpc) is 2.39. The van der Waals surface area contributed by atoms with Crippen molar-refractivity contribution in [2.45, 2.75) is 39.7 Å². The third-order valence-corrected chi connectivity index (χ3v) is 3.26. The van der Waals surface area contributed by atoms with Gasteiger partial charge in [-0.25, -0.2) is 13.6 Å². The Morgan fingerprint density at radius 2 is 2.00 bits per heavy atom. The number of benzene rings is 1. The van der Waals surface area contributed by atoms with Crippen molar-refractivity contribution in [1.82, 2.24) is 10.6 Å². The molecule has 124 valence electrons. The molecule has 4 nitrogen and oxygen atoms in total. The Morgan fingerprint density at radius 3 is 2.64 bits per heavy atom. The van der Waals surface area contributed by atoms with Gasteiger partial charge < -0.3 is 15.7 Å². The van der Waals surface area contributed by atoms with Crippen LogP contribution in [0.5, 0.6) is 0 Å². The van der Waals surface area contributed by atoms with E-state index in [1.807, 2.05) is 13.8 Å². The summed E-state index contributed by atoms with van der Waals surface area (Å²) in [6, 6.07) is 2.89. The first-order chi connectivity index (χ1) is 10.2. The SMILES string of the molecule is CC(O)CC(C)(C)CNC(=O)NCCc1cc(F)ccc1F. The minimum Gasteiger partial charge on any atom is -0.393 e. The zero-order valence-corrected chi connectivity index (χ0v) is 13.2. The molecule has 1 unspecified atom stereocenters. The number of carbonyl (C=O) groups is 1. The van der Waals surface area contributed by atoms with E-state index in [0.29, 0.717) is 13.0 Å². The number of aliphatic hydroxyl groups is 1. The molecule has 0 spiro atoms.